The van der Waals surface area contributed by atoms with Crippen LogP contribution in [0.3, 0.4) is 0 Å². The molecule has 29 heavy (non-hydrogen) atoms. The molecule has 0 aromatic heterocycles. The first-order valence-corrected chi connectivity index (χ1v) is 14.7. The van der Waals surface area contributed by atoms with Crippen molar-refractivity contribution in [3.63, 3.8) is 0 Å². The maximum absolute atomic E-state index is 12.7. The third-order valence-corrected chi connectivity index (χ3v) is 14.3. The maximum Gasteiger partial charge on any atom is 0.192 e. The van der Waals surface area contributed by atoms with Gasteiger partial charge in [-0.25, -0.2) is 0 Å². The van der Waals surface area contributed by atoms with Crippen molar-refractivity contribution in [2.45, 2.75) is 97.2 Å². The summed E-state index contributed by atoms with van der Waals surface area (Å²) >= 11 is 0. The highest BCUT2D eigenvalue weighted by Gasteiger charge is 2.60. The lowest BCUT2D eigenvalue weighted by atomic mass is 9.48. The number of Topliss-reactive ketones (excluding diaryl/α,β-unsaturated/α-hetero) is 2. The molecule has 0 N–H and O–H groups in total. The van der Waals surface area contributed by atoms with E-state index in [1.54, 1.807) is 0 Å². The van der Waals surface area contributed by atoms with Gasteiger partial charge in [-0.2, -0.15) is 0 Å². The minimum atomic E-state index is -1.86. The van der Waals surface area contributed by atoms with Gasteiger partial charge in [0.05, 0.1) is 0 Å². The van der Waals surface area contributed by atoms with Gasteiger partial charge in [0.25, 0.3) is 0 Å². The van der Waals surface area contributed by atoms with Gasteiger partial charge in [-0.3, -0.25) is 9.59 Å². The Morgan fingerprint density at radius 1 is 1.10 bits per heavy atom. The molecule has 0 amide bonds. The van der Waals surface area contributed by atoms with Crippen LogP contribution in [-0.4, -0.2) is 26.5 Å². The van der Waals surface area contributed by atoms with E-state index in [-0.39, 0.29) is 15.9 Å². The second-order valence-corrected chi connectivity index (χ2v) is 17.0. The van der Waals surface area contributed by atoms with Crippen molar-refractivity contribution in [2.75, 3.05) is 6.61 Å². The predicted octanol–water partition coefficient (Wildman–Crippen LogP) is 6.09. The Labute approximate surface area is 178 Å². The Bertz CT molecular complexity index is 746. The second kappa shape index (κ2) is 6.88. The quantitative estimate of drug-likeness (QED) is 0.413. The molecule has 4 aliphatic carbocycles. The van der Waals surface area contributed by atoms with Gasteiger partial charge in [0.2, 0.25) is 0 Å². The number of ketones is 2. The smallest absolute Gasteiger partial charge is 0.192 e. The molecule has 3 nitrogen and oxygen atoms in total. The molecule has 0 unspecified atom stereocenters. The van der Waals surface area contributed by atoms with E-state index in [0.717, 1.165) is 45.1 Å². The molecule has 0 spiro atoms. The van der Waals surface area contributed by atoms with Crippen LogP contribution in [-0.2, 0) is 14.0 Å². The molecule has 4 heteroatoms. The molecule has 5 atom stereocenters. The summed E-state index contributed by atoms with van der Waals surface area (Å²) < 4.78 is 6.86. The average molecular weight is 417 g/mol. The van der Waals surface area contributed by atoms with Crippen molar-refractivity contribution >= 4 is 19.9 Å². The lowest BCUT2D eigenvalue weighted by Gasteiger charge is -2.57. The van der Waals surface area contributed by atoms with Gasteiger partial charge in [-0.05, 0) is 68.0 Å². The standard InChI is InChI=1S/C25H40O3Si/c1-23(2,3)29(5,6)28-16-25-14-11-18(26)15-17(25)7-8-19-20-9-10-22(27)24(20,4)13-12-21(19)25/h7,19-21H,8-16H2,1-6H3/t19-,20-,21-,24-,25+/m0/s1. The molecule has 4 aliphatic rings. The van der Waals surface area contributed by atoms with Gasteiger partial charge < -0.3 is 4.43 Å². The molecule has 0 heterocycles. The number of allylic oxidation sites excluding steroid dienone is 1. The van der Waals surface area contributed by atoms with Crippen molar-refractivity contribution in [2.24, 2.45) is 28.6 Å². The van der Waals surface area contributed by atoms with E-state index in [2.05, 4.69) is 46.9 Å². The van der Waals surface area contributed by atoms with E-state index in [0.29, 0.717) is 42.2 Å². The molecule has 4 rings (SSSR count). The summed E-state index contributed by atoms with van der Waals surface area (Å²) in [5.41, 5.74) is 1.30. The second-order valence-electron chi connectivity index (χ2n) is 12.2. The molecule has 162 valence electrons. The van der Waals surface area contributed by atoms with Crippen molar-refractivity contribution in [1.82, 2.24) is 0 Å². The molecular weight excluding hydrogens is 376 g/mol. The molecule has 0 saturated heterocycles. The summed E-state index contributed by atoms with van der Waals surface area (Å²) in [6.07, 6.45) is 9.73. The highest BCUT2D eigenvalue weighted by molar-refractivity contribution is 6.74. The van der Waals surface area contributed by atoms with E-state index >= 15 is 0 Å². The highest BCUT2D eigenvalue weighted by atomic mass is 28.4. The summed E-state index contributed by atoms with van der Waals surface area (Å²) in [5.74, 6) is 2.58. The summed E-state index contributed by atoms with van der Waals surface area (Å²) in [6, 6.07) is 0. The zero-order chi connectivity index (χ0) is 21.2. The Balaban J connectivity index is 1.68. The predicted molar refractivity (Wildman–Crippen MR) is 119 cm³/mol. The first-order chi connectivity index (χ1) is 13.4. The van der Waals surface area contributed by atoms with Crippen LogP contribution in [0.4, 0.5) is 0 Å². The van der Waals surface area contributed by atoms with Crippen molar-refractivity contribution in [3.05, 3.63) is 11.6 Å². The normalized spacial score (nSPS) is 40.2. The summed E-state index contributed by atoms with van der Waals surface area (Å²) in [7, 11) is -1.86. The van der Waals surface area contributed by atoms with Crippen molar-refractivity contribution in [3.8, 4) is 0 Å². The fourth-order valence-corrected chi connectivity index (χ4v) is 7.90. The molecule has 3 fully saturated rings. The van der Waals surface area contributed by atoms with E-state index in [4.69, 9.17) is 4.43 Å². The van der Waals surface area contributed by atoms with Crippen molar-refractivity contribution in [1.29, 1.82) is 0 Å². The zero-order valence-corrected chi connectivity index (χ0v) is 20.4. The molecule has 0 aromatic rings. The number of hydrogen-bond donors (Lipinski definition) is 0. The topological polar surface area (TPSA) is 43.4 Å². The average Bonchev–Trinajstić information content (AvgIpc) is 2.94. The summed E-state index contributed by atoms with van der Waals surface area (Å²) in [6.45, 7) is 14.6. The van der Waals surface area contributed by atoms with E-state index < -0.39 is 8.32 Å². The van der Waals surface area contributed by atoms with Crippen LogP contribution >= 0.6 is 0 Å². The largest absolute Gasteiger partial charge is 0.416 e. The van der Waals surface area contributed by atoms with Crippen molar-refractivity contribution < 1.29 is 14.0 Å². The van der Waals surface area contributed by atoms with Gasteiger partial charge in [0.1, 0.15) is 11.6 Å². The van der Waals surface area contributed by atoms with E-state index in [9.17, 15) is 9.59 Å². The zero-order valence-electron chi connectivity index (χ0n) is 19.4. The summed E-state index contributed by atoms with van der Waals surface area (Å²) in [4.78, 5) is 25.0. The van der Waals surface area contributed by atoms with Gasteiger partial charge in [0, 0.05) is 36.7 Å². The Hall–Kier alpha value is -0.743. The van der Waals surface area contributed by atoms with E-state index in [1.807, 2.05) is 0 Å². The van der Waals surface area contributed by atoms with Gasteiger partial charge in [0.15, 0.2) is 8.32 Å². The third kappa shape index (κ3) is 3.24. The van der Waals surface area contributed by atoms with Gasteiger partial charge in [-0.1, -0.05) is 39.3 Å². The van der Waals surface area contributed by atoms with Gasteiger partial charge in [-0.15, -0.1) is 0 Å². The van der Waals surface area contributed by atoms with Crippen LogP contribution in [0, 0.1) is 28.6 Å². The Morgan fingerprint density at radius 2 is 1.83 bits per heavy atom. The molecular formula is C25H40O3Si. The number of fused-ring (bicyclic) bond motifs is 5. The lowest BCUT2D eigenvalue weighted by Crippen LogP contribution is -2.54. The number of carbonyl (C=O) groups excluding carboxylic acids is 2. The van der Waals surface area contributed by atoms with Crippen LogP contribution in [0.15, 0.2) is 11.6 Å². The monoisotopic (exact) mass is 416 g/mol. The molecule has 0 aliphatic heterocycles. The minimum Gasteiger partial charge on any atom is -0.416 e. The molecule has 0 radical (unpaired) electrons. The minimum absolute atomic E-state index is 0.0271. The number of rotatable bonds is 3. The fourth-order valence-electron chi connectivity index (χ4n) is 6.85. The molecule has 0 aromatic carbocycles. The van der Waals surface area contributed by atoms with Crippen LogP contribution in [0.2, 0.25) is 18.1 Å². The highest BCUT2D eigenvalue weighted by Crippen LogP contribution is 2.64. The summed E-state index contributed by atoms with van der Waals surface area (Å²) in [5, 5.41) is 0.190. The van der Waals surface area contributed by atoms with Crippen LogP contribution < -0.4 is 0 Å². The van der Waals surface area contributed by atoms with Crippen LogP contribution in [0.25, 0.3) is 0 Å². The number of hydrogen-bond acceptors (Lipinski definition) is 3. The molecule has 3 saturated carbocycles. The van der Waals surface area contributed by atoms with E-state index in [1.165, 1.54) is 5.57 Å². The Morgan fingerprint density at radius 3 is 2.52 bits per heavy atom. The Kier molecular flexibility index (Phi) is 5.10. The lowest BCUT2D eigenvalue weighted by molar-refractivity contribution is -0.133. The maximum atomic E-state index is 12.7. The third-order valence-electron chi connectivity index (χ3n) is 9.87. The molecule has 0 bridgehead atoms. The number of carbonyl (C=O) groups is 2. The fraction of sp³-hybridized carbons (Fsp3) is 0.840. The first-order valence-electron chi connectivity index (χ1n) is 11.8. The SMILES string of the molecule is CC(C)(C)[Si](C)(C)OC[C@]12CCC(=O)CC1=CC[C@@H]1[C@@H]2CC[C@]2(C)C(=O)CC[C@@H]12. The first kappa shape index (κ1) is 21.5. The van der Waals surface area contributed by atoms with Crippen LogP contribution in [0.1, 0.15) is 79.1 Å². The van der Waals surface area contributed by atoms with Gasteiger partial charge >= 0.3 is 0 Å². The van der Waals surface area contributed by atoms with Crippen LogP contribution in [0.5, 0.6) is 0 Å².